The molecular weight excluding hydrogens is 404 g/mol. The monoisotopic (exact) mass is 424 g/mol. The van der Waals surface area contributed by atoms with Crippen molar-refractivity contribution in [2.45, 2.75) is 19.8 Å². The summed E-state index contributed by atoms with van der Waals surface area (Å²) in [6, 6.07) is 9.52. The molecule has 1 aromatic carbocycles. The molecule has 4 aromatic rings. The molecule has 154 valence electrons. The van der Waals surface area contributed by atoms with Crippen molar-refractivity contribution in [1.29, 1.82) is 0 Å². The van der Waals surface area contributed by atoms with E-state index in [9.17, 15) is 4.79 Å². The smallest absolute Gasteiger partial charge is 0.229 e. The summed E-state index contributed by atoms with van der Waals surface area (Å²) in [5, 5.41) is 19.4. The van der Waals surface area contributed by atoms with Crippen LogP contribution in [0.5, 0.6) is 5.75 Å². The number of hydrogen-bond donors (Lipinski definition) is 1. The van der Waals surface area contributed by atoms with Crippen molar-refractivity contribution in [1.82, 2.24) is 30.2 Å². The van der Waals surface area contributed by atoms with E-state index < -0.39 is 0 Å². The molecule has 1 aliphatic rings. The van der Waals surface area contributed by atoms with Gasteiger partial charge >= 0.3 is 0 Å². The molecule has 10 nitrogen and oxygen atoms in total. The van der Waals surface area contributed by atoms with Crippen molar-refractivity contribution in [3.63, 3.8) is 0 Å². The lowest BCUT2D eigenvalue weighted by Gasteiger charge is -2.31. The highest BCUT2D eigenvalue weighted by molar-refractivity contribution is 7.22. The van der Waals surface area contributed by atoms with Gasteiger partial charge in [-0.25, -0.2) is 4.98 Å². The molecule has 11 heteroatoms. The lowest BCUT2D eigenvalue weighted by Crippen LogP contribution is -2.38. The zero-order valence-electron chi connectivity index (χ0n) is 16.4. The predicted octanol–water partition coefficient (Wildman–Crippen LogP) is 2.38. The summed E-state index contributed by atoms with van der Waals surface area (Å²) in [7, 11) is 0. The number of benzene rings is 1. The molecule has 1 aliphatic heterocycles. The number of ether oxygens (including phenoxy) is 1. The number of nitrogens with zero attached hydrogens (tertiary/aromatic N) is 7. The van der Waals surface area contributed by atoms with Crippen molar-refractivity contribution in [3.8, 4) is 5.75 Å². The Morgan fingerprint density at radius 2 is 2.13 bits per heavy atom. The van der Waals surface area contributed by atoms with Gasteiger partial charge in [0.15, 0.2) is 16.6 Å². The van der Waals surface area contributed by atoms with Gasteiger partial charge in [-0.2, -0.15) is 0 Å². The minimum atomic E-state index is -0.0518. The Hall–Kier alpha value is -3.34. The third-order valence-electron chi connectivity index (χ3n) is 5.15. The van der Waals surface area contributed by atoms with Crippen LogP contribution in [0.1, 0.15) is 19.8 Å². The summed E-state index contributed by atoms with van der Waals surface area (Å²) in [6.45, 7) is 4.06. The van der Waals surface area contributed by atoms with E-state index in [-0.39, 0.29) is 11.8 Å². The fraction of sp³-hybridized carbons (Fsp3) is 0.368. The molecule has 0 radical (unpaired) electrons. The molecular formula is C19H20N8O2S. The van der Waals surface area contributed by atoms with E-state index in [0.717, 1.165) is 47.7 Å². The molecule has 5 rings (SSSR count). The molecule has 1 fully saturated rings. The molecule has 1 amide bonds. The van der Waals surface area contributed by atoms with E-state index in [1.807, 2.05) is 37.3 Å². The summed E-state index contributed by atoms with van der Waals surface area (Å²) in [4.78, 5) is 19.4. The number of anilines is 2. The molecule has 3 aromatic heterocycles. The number of nitrogens with one attached hydrogen (secondary N) is 1. The van der Waals surface area contributed by atoms with Crippen LogP contribution >= 0.6 is 11.3 Å². The van der Waals surface area contributed by atoms with Crippen LogP contribution in [0, 0.1) is 5.92 Å². The third-order valence-corrected chi connectivity index (χ3v) is 6.08. The number of rotatable bonds is 5. The standard InChI is InChI=1S/C19H20N8O2S/c1-2-29-13-3-4-14-15(11-13)30-19(20-14)21-18(28)12-7-9-26(10-8-12)17-6-5-16-22-24-25-27(16)23-17/h3-6,11-12H,2,7-10H2,1H3,(H,20,21,28). The lowest BCUT2D eigenvalue weighted by molar-refractivity contribution is -0.120. The average molecular weight is 424 g/mol. The van der Waals surface area contributed by atoms with E-state index in [1.165, 1.54) is 16.0 Å². The molecule has 4 heterocycles. The Kier molecular flexibility index (Phi) is 4.87. The minimum absolute atomic E-state index is 0.0163. The second kappa shape index (κ2) is 7.82. The van der Waals surface area contributed by atoms with Crippen LogP contribution < -0.4 is 15.0 Å². The normalized spacial score (nSPS) is 15.0. The fourth-order valence-corrected chi connectivity index (χ4v) is 4.50. The highest BCUT2D eigenvalue weighted by atomic mass is 32.1. The second-order valence-electron chi connectivity index (χ2n) is 7.05. The van der Waals surface area contributed by atoms with E-state index in [4.69, 9.17) is 4.74 Å². The Morgan fingerprint density at radius 3 is 2.97 bits per heavy atom. The highest BCUT2D eigenvalue weighted by Gasteiger charge is 2.26. The molecule has 30 heavy (non-hydrogen) atoms. The van der Waals surface area contributed by atoms with Crippen LogP contribution in [0.2, 0.25) is 0 Å². The van der Waals surface area contributed by atoms with Gasteiger partial charge in [0.2, 0.25) is 5.91 Å². The summed E-state index contributed by atoms with van der Waals surface area (Å²) >= 11 is 1.46. The van der Waals surface area contributed by atoms with Gasteiger partial charge in [-0.1, -0.05) is 11.3 Å². The van der Waals surface area contributed by atoms with Gasteiger partial charge in [-0.15, -0.1) is 14.8 Å². The van der Waals surface area contributed by atoms with Crippen LogP contribution in [0.3, 0.4) is 0 Å². The zero-order chi connectivity index (χ0) is 20.5. The first-order valence-corrected chi connectivity index (χ1v) is 10.7. The highest BCUT2D eigenvalue weighted by Crippen LogP contribution is 2.30. The first kappa shape index (κ1) is 18.7. The summed E-state index contributed by atoms with van der Waals surface area (Å²) in [5.41, 5.74) is 1.47. The zero-order valence-corrected chi connectivity index (χ0v) is 17.2. The molecule has 0 spiro atoms. The molecule has 1 saturated heterocycles. The number of carbonyl (C=O) groups excluding carboxylic acids is 1. The topological polar surface area (TPSA) is 110 Å². The van der Waals surface area contributed by atoms with Gasteiger partial charge in [-0.3, -0.25) is 4.79 Å². The van der Waals surface area contributed by atoms with E-state index in [1.54, 1.807) is 0 Å². The predicted molar refractivity (Wildman–Crippen MR) is 113 cm³/mol. The van der Waals surface area contributed by atoms with Crippen LogP contribution in [0.4, 0.5) is 10.9 Å². The van der Waals surface area contributed by atoms with E-state index in [2.05, 4.69) is 35.8 Å². The van der Waals surface area contributed by atoms with Crippen molar-refractivity contribution >= 4 is 44.1 Å². The van der Waals surface area contributed by atoms with E-state index >= 15 is 0 Å². The fourth-order valence-electron chi connectivity index (χ4n) is 3.60. The first-order valence-electron chi connectivity index (χ1n) is 9.84. The van der Waals surface area contributed by atoms with Gasteiger partial charge < -0.3 is 15.0 Å². The quantitative estimate of drug-likeness (QED) is 0.520. The van der Waals surface area contributed by atoms with Gasteiger partial charge in [0.1, 0.15) is 5.75 Å². The molecule has 0 unspecified atom stereocenters. The van der Waals surface area contributed by atoms with Crippen molar-refractivity contribution in [2.75, 3.05) is 29.9 Å². The largest absolute Gasteiger partial charge is 0.494 e. The number of fused-ring (bicyclic) bond motifs is 2. The number of piperidine rings is 1. The van der Waals surface area contributed by atoms with Gasteiger partial charge in [0.25, 0.3) is 0 Å². The molecule has 0 bridgehead atoms. The number of thiazole rings is 1. The van der Waals surface area contributed by atoms with Crippen LogP contribution in [-0.4, -0.2) is 55.8 Å². The number of tetrazole rings is 1. The Morgan fingerprint density at radius 1 is 1.27 bits per heavy atom. The maximum Gasteiger partial charge on any atom is 0.229 e. The number of amides is 1. The summed E-state index contributed by atoms with van der Waals surface area (Å²) < 4.78 is 7.94. The van der Waals surface area contributed by atoms with Gasteiger partial charge in [-0.05, 0) is 60.5 Å². The van der Waals surface area contributed by atoms with Crippen LogP contribution in [0.15, 0.2) is 30.3 Å². The molecule has 0 atom stereocenters. The number of carbonyl (C=O) groups is 1. The Balaban J connectivity index is 1.21. The Labute approximate surface area is 175 Å². The SMILES string of the molecule is CCOc1ccc2nc(NC(=O)C3CCN(c4ccc5nnnn5n4)CC3)sc2c1. The average Bonchev–Trinajstić information content (AvgIpc) is 3.39. The van der Waals surface area contributed by atoms with Crippen LogP contribution in [0.25, 0.3) is 15.9 Å². The molecule has 0 aliphatic carbocycles. The number of aromatic nitrogens is 6. The minimum Gasteiger partial charge on any atom is -0.494 e. The third kappa shape index (κ3) is 3.63. The summed E-state index contributed by atoms with van der Waals surface area (Å²) in [6.07, 6.45) is 1.50. The maximum atomic E-state index is 12.8. The van der Waals surface area contributed by atoms with Crippen molar-refractivity contribution in [2.24, 2.45) is 5.92 Å². The van der Waals surface area contributed by atoms with Crippen molar-refractivity contribution in [3.05, 3.63) is 30.3 Å². The molecule has 0 saturated carbocycles. The summed E-state index contributed by atoms with van der Waals surface area (Å²) in [5.74, 6) is 1.59. The first-order chi connectivity index (χ1) is 14.7. The lowest BCUT2D eigenvalue weighted by atomic mass is 9.96. The van der Waals surface area contributed by atoms with Crippen LogP contribution in [-0.2, 0) is 4.79 Å². The Bertz CT molecular complexity index is 1200. The van der Waals surface area contributed by atoms with Crippen molar-refractivity contribution < 1.29 is 9.53 Å². The van der Waals surface area contributed by atoms with Gasteiger partial charge in [0, 0.05) is 19.0 Å². The molecule has 1 N–H and O–H groups in total. The maximum absolute atomic E-state index is 12.8. The second-order valence-corrected chi connectivity index (χ2v) is 8.08. The van der Waals surface area contributed by atoms with Gasteiger partial charge in [0.05, 0.1) is 16.8 Å². The van der Waals surface area contributed by atoms with E-state index in [0.29, 0.717) is 17.4 Å². The number of hydrogen-bond acceptors (Lipinski definition) is 9.